The van der Waals surface area contributed by atoms with Crippen molar-refractivity contribution in [2.24, 2.45) is 0 Å². The van der Waals surface area contributed by atoms with Gasteiger partial charge in [-0.3, -0.25) is 4.79 Å². The first-order chi connectivity index (χ1) is 9.10. The predicted octanol–water partition coefficient (Wildman–Crippen LogP) is 3.54. The number of alkyl halides is 3. The Balaban J connectivity index is 2.66. The molecule has 0 radical (unpaired) electrons. The Morgan fingerprint density at radius 2 is 1.80 bits per heavy atom. The van der Waals surface area contributed by atoms with Gasteiger partial charge in [0.1, 0.15) is 12.6 Å². The highest BCUT2D eigenvalue weighted by atomic mass is 79.9. The number of rotatable bonds is 4. The molecule has 0 aliphatic heterocycles. The van der Waals surface area contributed by atoms with Crippen LogP contribution >= 0.6 is 15.9 Å². The minimum Gasteiger partial charge on any atom is -0.374 e. The fraction of sp³-hybridized carbons (Fsp3) is 0.462. The zero-order valence-electron chi connectivity index (χ0n) is 11.4. The van der Waals surface area contributed by atoms with Crippen molar-refractivity contribution in [3.8, 4) is 0 Å². The summed E-state index contributed by atoms with van der Waals surface area (Å²) in [6, 6.07) is 2.90. The maximum atomic E-state index is 12.0. The molecular weight excluding hydrogens is 337 g/mol. The Morgan fingerprint density at radius 1 is 1.30 bits per heavy atom. The highest BCUT2D eigenvalue weighted by Gasteiger charge is 2.28. The van der Waals surface area contributed by atoms with Crippen LogP contribution < -0.4 is 10.6 Å². The largest absolute Gasteiger partial charge is 0.405 e. The number of benzene rings is 1. The van der Waals surface area contributed by atoms with Crippen LogP contribution in [0.1, 0.15) is 18.1 Å². The van der Waals surface area contributed by atoms with Crippen LogP contribution in [-0.4, -0.2) is 24.7 Å². The van der Waals surface area contributed by atoms with Gasteiger partial charge in [0.25, 0.3) is 0 Å². The molecule has 0 spiro atoms. The van der Waals surface area contributed by atoms with Crippen LogP contribution in [0.15, 0.2) is 16.6 Å². The molecule has 1 unspecified atom stereocenters. The van der Waals surface area contributed by atoms with Crippen LogP contribution in [0.4, 0.5) is 18.9 Å². The van der Waals surface area contributed by atoms with E-state index in [9.17, 15) is 18.0 Å². The molecule has 2 N–H and O–H groups in total. The summed E-state index contributed by atoms with van der Waals surface area (Å²) in [5.74, 6) is -0.694. The third kappa shape index (κ3) is 5.03. The summed E-state index contributed by atoms with van der Waals surface area (Å²) in [5, 5.41) is 4.73. The van der Waals surface area contributed by atoms with Gasteiger partial charge in [0.05, 0.1) is 0 Å². The quantitative estimate of drug-likeness (QED) is 0.869. The van der Waals surface area contributed by atoms with Crippen molar-refractivity contribution in [1.29, 1.82) is 0 Å². The highest BCUT2D eigenvalue weighted by Crippen LogP contribution is 2.25. The SMILES string of the molecule is Cc1cc(NC(C)C(=O)NCC(F)(F)F)cc(C)c1Br. The summed E-state index contributed by atoms with van der Waals surface area (Å²) in [5.41, 5.74) is 2.66. The van der Waals surface area contributed by atoms with Crippen LogP contribution in [-0.2, 0) is 4.79 Å². The van der Waals surface area contributed by atoms with Gasteiger partial charge in [-0.05, 0) is 44.0 Å². The summed E-state index contributed by atoms with van der Waals surface area (Å²) in [7, 11) is 0. The Kier molecular flexibility index (Phi) is 5.44. The summed E-state index contributed by atoms with van der Waals surface area (Å²) in [4.78, 5) is 11.5. The number of halogens is 4. The smallest absolute Gasteiger partial charge is 0.374 e. The van der Waals surface area contributed by atoms with Crippen molar-refractivity contribution < 1.29 is 18.0 Å². The fourth-order valence-corrected chi connectivity index (χ4v) is 1.91. The second kappa shape index (κ2) is 6.47. The van der Waals surface area contributed by atoms with Crippen LogP contribution in [0.2, 0.25) is 0 Å². The third-order valence-corrected chi connectivity index (χ3v) is 3.93. The van der Waals surface area contributed by atoms with Crippen molar-refractivity contribution in [3.63, 3.8) is 0 Å². The minimum atomic E-state index is -4.40. The van der Waals surface area contributed by atoms with E-state index < -0.39 is 24.7 Å². The van der Waals surface area contributed by atoms with Crippen molar-refractivity contribution in [2.75, 3.05) is 11.9 Å². The molecule has 0 fully saturated rings. The molecule has 0 aliphatic carbocycles. The summed E-state index contributed by atoms with van der Waals surface area (Å²) in [6.07, 6.45) is -4.40. The maximum absolute atomic E-state index is 12.0. The lowest BCUT2D eigenvalue weighted by molar-refractivity contribution is -0.138. The van der Waals surface area contributed by atoms with E-state index in [0.717, 1.165) is 15.6 Å². The zero-order chi connectivity index (χ0) is 15.5. The van der Waals surface area contributed by atoms with Crippen molar-refractivity contribution in [1.82, 2.24) is 5.32 Å². The molecule has 0 heterocycles. The summed E-state index contributed by atoms with van der Waals surface area (Å²) < 4.78 is 37.0. The molecule has 3 nitrogen and oxygen atoms in total. The van der Waals surface area contributed by atoms with Gasteiger partial charge >= 0.3 is 6.18 Å². The second-order valence-electron chi connectivity index (χ2n) is 4.62. The number of amides is 1. The van der Waals surface area contributed by atoms with Gasteiger partial charge in [0, 0.05) is 10.2 Å². The number of nitrogens with one attached hydrogen (secondary N) is 2. The highest BCUT2D eigenvalue weighted by molar-refractivity contribution is 9.10. The number of carbonyl (C=O) groups excluding carboxylic acids is 1. The van der Waals surface area contributed by atoms with Gasteiger partial charge in [-0.1, -0.05) is 15.9 Å². The molecule has 1 atom stereocenters. The second-order valence-corrected chi connectivity index (χ2v) is 5.42. The van der Waals surface area contributed by atoms with Crippen molar-refractivity contribution in [2.45, 2.75) is 33.0 Å². The van der Waals surface area contributed by atoms with Gasteiger partial charge in [0.2, 0.25) is 5.91 Å². The molecule has 112 valence electrons. The van der Waals surface area contributed by atoms with E-state index in [1.807, 2.05) is 31.3 Å². The molecule has 1 amide bonds. The Morgan fingerprint density at radius 3 is 2.25 bits per heavy atom. The Bertz CT molecular complexity index is 480. The summed E-state index contributed by atoms with van der Waals surface area (Å²) >= 11 is 3.42. The predicted molar refractivity (Wildman–Crippen MR) is 75.8 cm³/mol. The molecule has 1 aromatic carbocycles. The topological polar surface area (TPSA) is 41.1 Å². The van der Waals surface area contributed by atoms with E-state index in [2.05, 4.69) is 21.2 Å². The average molecular weight is 353 g/mol. The van der Waals surface area contributed by atoms with Crippen LogP contribution in [0.5, 0.6) is 0 Å². The van der Waals surface area contributed by atoms with E-state index in [1.165, 1.54) is 6.92 Å². The van der Waals surface area contributed by atoms with Gasteiger partial charge in [-0.25, -0.2) is 0 Å². The Labute approximate surface area is 124 Å². The van der Waals surface area contributed by atoms with E-state index >= 15 is 0 Å². The molecule has 1 aromatic rings. The van der Waals surface area contributed by atoms with Crippen LogP contribution in [0, 0.1) is 13.8 Å². The number of hydrogen-bond acceptors (Lipinski definition) is 2. The fourth-order valence-electron chi connectivity index (χ4n) is 1.69. The van der Waals surface area contributed by atoms with E-state index in [1.54, 1.807) is 0 Å². The molecule has 0 saturated carbocycles. The van der Waals surface area contributed by atoms with E-state index in [4.69, 9.17) is 0 Å². The molecule has 0 aromatic heterocycles. The van der Waals surface area contributed by atoms with E-state index in [0.29, 0.717) is 5.69 Å². The molecule has 0 aliphatic rings. The number of carbonyl (C=O) groups is 1. The first-order valence-corrected chi connectivity index (χ1v) is 6.77. The molecule has 0 bridgehead atoms. The minimum absolute atomic E-state index is 0.692. The average Bonchev–Trinajstić information content (AvgIpc) is 2.31. The van der Waals surface area contributed by atoms with E-state index in [-0.39, 0.29) is 0 Å². The molecular formula is C13H16BrF3N2O. The lowest BCUT2D eigenvalue weighted by Crippen LogP contribution is -2.42. The van der Waals surface area contributed by atoms with Crippen molar-refractivity contribution >= 4 is 27.5 Å². The number of anilines is 1. The van der Waals surface area contributed by atoms with Gasteiger partial charge < -0.3 is 10.6 Å². The summed E-state index contributed by atoms with van der Waals surface area (Å²) in [6.45, 7) is 3.99. The normalized spacial score (nSPS) is 12.9. The maximum Gasteiger partial charge on any atom is 0.405 e. The standard InChI is InChI=1S/C13H16BrF3N2O/c1-7-4-10(5-8(2)11(7)14)19-9(3)12(20)18-6-13(15,16)17/h4-5,9,19H,6H2,1-3H3,(H,18,20). The van der Waals surface area contributed by atoms with Gasteiger partial charge in [-0.15, -0.1) is 0 Å². The molecule has 0 saturated heterocycles. The number of aryl methyl sites for hydroxylation is 2. The molecule has 7 heteroatoms. The number of hydrogen-bond donors (Lipinski definition) is 2. The van der Waals surface area contributed by atoms with Crippen LogP contribution in [0.25, 0.3) is 0 Å². The third-order valence-electron chi connectivity index (χ3n) is 2.68. The lowest BCUT2D eigenvalue weighted by Gasteiger charge is -2.17. The lowest BCUT2D eigenvalue weighted by atomic mass is 10.1. The first kappa shape index (κ1) is 16.8. The molecule has 20 heavy (non-hydrogen) atoms. The molecule has 1 rings (SSSR count). The first-order valence-electron chi connectivity index (χ1n) is 5.98. The Hall–Kier alpha value is -1.24. The zero-order valence-corrected chi connectivity index (χ0v) is 12.9. The monoisotopic (exact) mass is 352 g/mol. The van der Waals surface area contributed by atoms with Gasteiger partial charge in [0.15, 0.2) is 0 Å². The van der Waals surface area contributed by atoms with Crippen LogP contribution in [0.3, 0.4) is 0 Å². The van der Waals surface area contributed by atoms with Gasteiger partial charge in [-0.2, -0.15) is 13.2 Å². The van der Waals surface area contributed by atoms with Crippen molar-refractivity contribution in [3.05, 3.63) is 27.7 Å².